The second-order valence-electron chi connectivity index (χ2n) is 24.9. The van der Waals surface area contributed by atoms with Gasteiger partial charge in [-0.15, -0.1) is 0 Å². The Morgan fingerprint density at radius 1 is 0.202 bits per heavy atom. The Kier molecular flexibility index (Phi) is 11.0. The maximum atomic E-state index is 2.48. The quantitative estimate of drug-likeness (QED) is 0.143. The van der Waals surface area contributed by atoms with Crippen LogP contribution in [0.2, 0.25) is 0 Å². The standard InChI is InChI=1S/C81H63N3/c1-79(2)73-49-58(37-43-67(73)70-40-34-52-22-16-19-31-64(52)76(70)79)82(55-25-10-7-11-26-55)61-46-62(83(56-27-12-8-13-28-56)59-38-44-68-71-41-35-53-23-17-20-32-65(53)77(71)80(3,4)74(68)50-59)48-63(47-61)84(57-29-14-9-15-30-57)60-39-45-69-72-42-36-54-24-18-21-33-66(54)78(72)81(5,6)75(69)51-60/h7-51H,1-6H3. The van der Waals surface area contributed by atoms with Crippen LogP contribution in [0.15, 0.2) is 273 Å². The van der Waals surface area contributed by atoms with Gasteiger partial charge in [-0.25, -0.2) is 0 Å². The van der Waals surface area contributed by atoms with Gasteiger partial charge in [-0.05, 0) is 190 Å². The van der Waals surface area contributed by atoms with Crippen molar-refractivity contribution in [1.82, 2.24) is 0 Å². The molecule has 0 atom stereocenters. The van der Waals surface area contributed by atoms with Gasteiger partial charge < -0.3 is 14.7 Å². The summed E-state index contributed by atoms with van der Waals surface area (Å²) in [5, 5.41) is 7.76. The maximum Gasteiger partial charge on any atom is 0.0503 e. The average Bonchev–Trinajstić information content (AvgIpc) is 3.04. The first-order valence-electron chi connectivity index (χ1n) is 29.7. The van der Waals surface area contributed by atoms with E-state index in [1.807, 2.05) is 0 Å². The van der Waals surface area contributed by atoms with Gasteiger partial charge >= 0.3 is 0 Å². The fourth-order valence-electron chi connectivity index (χ4n) is 15.2. The van der Waals surface area contributed by atoms with Gasteiger partial charge in [-0.1, -0.05) is 224 Å². The topological polar surface area (TPSA) is 9.72 Å². The number of rotatable bonds is 9. The molecule has 3 heteroatoms. The van der Waals surface area contributed by atoms with Gasteiger partial charge in [0.15, 0.2) is 0 Å². The average molecular weight is 1080 g/mol. The Morgan fingerprint density at radius 2 is 0.452 bits per heavy atom. The number of hydrogen-bond donors (Lipinski definition) is 0. The van der Waals surface area contributed by atoms with E-state index in [0.29, 0.717) is 0 Å². The molecule has 0 fully saturated rings. The maximum absolute atomic E-state index is 2.48. The molecule has 0 radical (unpaired) electrons. The lowest BCUT2D eigenvalue weighted by molar-refractivity contribution is 0.666. The van der Waals surface area contributed by atoms with Crippen molar-refractivity contribution in [3.8, 4) is 33.4 Å². The number of para-hydroxylation sites is 3. The molecule has 84 heavy (non-hydrogen) atoms. The number of hydrogen-bond acceptors (Lipinski definition) is 3. The molecule has 3 aliphatic carbocycles. The van der Waals surface area contributed by atoms with Crippen molar-refractivity contribution in [2.45, 2.75) is 57.8 Å². The molecule has 0 heterocycles. The van der Waals surface area contributed by atoms with Crippen molar-refractivity contribution in [2.75, 3.05) is 14.7 Å². The van der Waals surface area contributed by atoms with Crippen LogP contribution in [-0.4, -0.2) is 0 Å². The molecular weight excluding hydrogens is 1010 g/mol. The Labute approximate surface area is 493 Å². The summed E-state index contributed by atoms with van der Waals surface area (Å²) in [4.78, 5) is 7.45. The van der Waals surface area contributed by atoms with E-state index in [0.717, 1.165) is 51.2 Å². The van der Waals surface area contributed by atoms with Crippen LogP contribution in [0.25, 0.3) is 65.7 Å². The van der Waals surface area contributed by atoms with Crippen molar-refractivity contribution < 1.29 is 0 Å². The predicted octanol–water partition coefficient (Wildman–Crippen LogP) is 22.5. The third-order valence-corrected chi connectivity index (χ3v) is 19.0. The summed E-state index contributed by atoms with van der Waals surface area (Å²) in [6, 6.07) is 102. The lowest BCUT2D eigenvalue weighted by Gasteiger charge is -2.34. The lowest BCUT2D eigenvalue weighted by Crippen LogP contribution is -2.19. The van der Waals surface area contributed by atoms with E-state index in [1.54, 1.807) is 0 Å². The molecule has 3 aliphatic rings. The molecule has 13 aromatic carbocycles. The first-order chi connectivity index (χ1) is 40.9. The number of anilines is 9. The van der Waals surface area contributed by atoms with Crippen LogP contribution < -0.4 is 14.7 Å². The highest BCUT2D eigenvalue weighted by Crippen LogP contribution is 2.57. The molecule has 13 aromatic rings. The minimum atomic E-state index is -0.258. The monoisotopic (exact) mass is 1080 g/mol. The zero-order chi connectivity index (χ0) is 56.6. The van der Waals surface area contributed by atoms with Gasteiger partial charge in [0, 0.05) is 50.4 Å². The Balaban J connectivity index is 0.939. The van der Waals surface area contributed by atoms with Crippen LogP contribution in [0.4, 0.5) is 51.2 Å². The molecule has 3 nitrogen and oxygen atoms in total. The summed E-state index contributed by atoms with van der Waals surface area (Å²) in [5.74, 6) is 0. The minimum Gasteiger partial charge on any atom is -0.310 e. The fourth-order valence-corrected chi connectivity index (χ4v) is 15.2. The molecule has 0 aliphatic heterocycles. The van der Waals surface area contributed by atoms with Crippen molar-refractivity contribution in [3.05, 3.63) is 306 Å². The fraction of sp³-hybridized carbons (Fsp3) is 0.111. The molecule has 0 saturated heterocycles. The Hall–Kier alpha value is -9.96. The molecule has 0 unspecified atom stereocenters. The van der Waals surface area contributed by atoms with Crippen LogP contribution in [0.5, 0.6) is 0 Å². The van der Waals surface area contributed by atoms with E-state index in [9.17, 15) is 0 Å². The van der Waals surface area contributed by atoms with Gasteiger partial charge in [0.2, 0.25) is 0 Å². The first-order valence-corrected chi connectivity index (χ1v) is 29.7. The molecule has 402 valence electrons. The van der Waals surface area contributed by atoms with E-state index in [4.69, 9.17) is 0 Å². The molecular formula is C81H63N3. The van der Waals surface area contributed by atoms with Gasteiger partial charge in [-0.3, -0.25) is 0 Å². The van der Waals surface area contributed by atoms with Crippen molar-refractivity contribution in [2.24, 2.45) is 0 Å². The third-order valence-electron chi connectivity index (χ3n) is 19.0. The molecule has 16 rings (SSSR count). The number of benzene rings is 13. The summed E-state index contributed by atoms with van der Waals surface area (Å²) in [6.45, 7) is 14.5. The lowest BCUT2D eigenvalue weighted by atomic mass is 9.80. The largest absolute Gasteiger partial charge is 0.310 e. The van der Waals surface area contributed by atoms with E-state index in [1.165, 1.54) is 99.1 Å². The molecule has 0 aromatic heterocycles. The smallest absolute Gasteiger partial charge is 0.0503 e. The number of nitrogens with zero attached hydrogens (tertiary/aromatic N) is 3. The third kappa shape index (κ3) is 7.44. The van der Waals surface area contributed by atoms with E-state index >= 15 is 0 Å². The normalized spacial score (nSPS) is 14.4. The van der Waals surface area contributed by atoms with Gasteiger partial charge in [0.1, 0.15) is 0 Å². The molecule has 0 N–H and O–H groups in total. The molecule has 0 bridgehead atoms. The zero-order valence-corrected chi connectivity index (χ0v) is 48.3. The van der Waals surface area contributed by atoms with Crippen molar-refractivity contribution in [3.63, 3.8) is 0 Å². The van der Waals surface area contributed by atoms with Gasteiger partial charge in [0.25, 0.3) is 0 Å². The highest BCUT2D eigenvalue weighted by Gasteiger charge is 2.41. The summed E-state index contributed by atoms with van der Waals surface area (Å²) in [7, 11) is 0. The van der Waals surface area contributed by atoms with Crippen LogP contribution in [0.3, 0.4) is 0 Å². The molecule has 0 saturated carbocycles. The summed E-state index contributed by atoms with van der Waals surface area (Å²) in [6.07, 6.45) is 0. The van der Waals surface area contributed by atoms with E-state index in [2.05, 4.69) is 329 Å². The summed E-state index contributed by atoms with van der Waals surface area (Å²) in [5.41, 5.74) is 24.8. The Morgan fingerprint density at radius 3 is 0.738 bits per heavy atom. The van der Waals surface area contributed by atoms with Crippen LogP contribution in [0, 0.1) is 0 Å². The van der Waals surface area contributed by atoms with Crippen LogP contribution in [-0.2, 0) is 16.2 Å². The highest BCUT2D eigenvalue weighted by molar-refractivity contribution is 6.02. The zero-order valence-electron chi connectivity index (χ0n) is 48.3. The van der Waals surface area contributed by atoms with E-state index in [-0.39, 0.29) is 16.2 Å². The van der Waals surface area contributed by atoms with Crippen LogP contribution >= 0.6 is 0 Å². The highest BCUT2D eigenvalue weighted by atomic mass is 15.2. The predicted molar refractivity (Wildman–Crippen MR) is 356 cm³/mol. The Bertz CT molecular complexity index is 4320. The van der Waals surface area contributed by atoms with E-state index < -0.39 is 0 Å². The molecule has 0 amide bonds. The summed E-state index contributed by atoms with van der Waals surface area (Å²) < 4.78 is 0. The second kappa shape index (κ2) is 18.5. The molecule has 0 spiro atoms. The van der Waals surface area contributed by atoms with Crippen molar-refractivity contribution >= 4 is 83.5 Å². The second-order valence-corrected chi connectivity index (χ2v) is 24.9. The number of fused-ring (bicyclic) bond motifs is 15. The first kappa shape index (κ1) is 49.8. The van der Waals surface area contributed by atoms with Crippen LogP contribution in [0.1, 0.15) is 74.9 Å². The SMILES string of the molecule is CC1(C)c2cc(N(c3ccccc3)c3cc(N(c4ccccc4)c4ccc5c(c4)C(C)(C)c4c-5ccc5ccccc45)cc(N(c4ccccc4)c4ccc5c(c4)C(C)(C)c4c-5ccc5ccccc45)c3)ccc2-c2ccc3ccccc3c21. The van der Waals surface area contributed by atoms with Crippen molar-refractivity contribution in [1.29, 1.82) is 0 Å². The summed E-state index contributed by atoms with van der Waals surface area (Å²) >= 11 is 0. The van der Waals surface area contributed by atoms with Gasteiger partial charge in [-0.2, -0.15) is 0 Å². The van der Waals surface area contributed by atoms with Gasteiger partial charge in [0.05, 0.1) is 17.1 Å². The minimum absolute atomic E-state index is 0.258.